The predicted octanol–water partition coefficient (Wildman–Crippen LogP) is 1.94. The van der Waals surface area contributed by atoms with E-state index in [1.165, 1.54) is 0 Å². The number of hydrogen-bond donors (Lipinski definition) is 1. The van der Waals surface area contributed by atoms with Crippen LogP contribution < -0.4 is 5.73 Å². The summed E-state index contributed by atoms with van der Waals surface area (Å²) in [6.07, 6.45) is 2.92. The van der Waals surface area contributed by atoms with Crippen LogP contribution in [0.1, 0.15) is 18.2 Å². The van der Waals surface area contributed by atoms with Gasteiger partial charge in [0.1, 0.15) is 11.6 Å². The highest BCUT2D eigenvalue weighted by molar-refractivity contribution is 5.13. The lowest BCUT2D eigenvalue weighted by Gasteiger charge is -2.08. The Labute approximate surface area is 75.1 Å². The highest BCUT2D eigenvalue weighted by atomic mass is 19.1. The second-order valence-electron chi connectivity index (χ2n) is 2.65. The monoisotopic (exact) mass is 184 g/mol. The van der Waals surface area contributed by atoms with Crippen LogP contribution >= 0.6 is 0 Å². The Morgan fingerprint density at radius 1 is 1.62 bits per heavy atom. The van der Waals surface area contributed by atoms with E-state index in [0.29, 0.717) is 6.42 Å². The molecule has 1 atom stereocenters. The standard InChI is InChI=1S/C9H10F2N2/c1-2-3-8(12)9-7(11)4-6(10)5-13-9/h2,4-5,8H,1,3,12H2/t8-/m0/s1. The van der Waals surface area contributed by atoms with Crippen molar-refractivity contribution in [2.24, 2.45) is 5.73 Å². The molecule has 0 saturated carbocycles. The summed E-state index contributed by atoms with van der Waals surface area (Å²) < 4.78 is 25.4. The molecule has 2 nitrogen and oxygen atoms in total. The van der Waals surface area contributed by atoms with Gasteiger partial charge in [-0.1, -0.05) is 6.08 Å². The summed E-state index contributed by atoms with van der Waals surface area (Å²) in [5, 5.41) is 0. The van der Waals surface area contributed by atoms with Crippen molar-refractivity contribution in [1.29, 1.82) is 0 Å². The molecule has 1 heterocycles. The average Bonchev–Trinajstić information content (AvgIpc) is 2.04. The lowest BCUT2D eigenvalue weighted by molar-refractivity contribution is 0.537. The molecule has 0 amide bonds. The van der Waals surface area contributed by atoms with Crippen molar-refractivity contribution in [3.8, 4) is 0 Å². The molecule has 0 fully saturated rings. The second kappa shape index (κ2) is 4.09. The third kappa shape index (κ3) is 2.32. The van der Waals surface area contributed by atoms with E-state index < -0.39 is 17.7 Å². The Morgan fingerprint density at radius 2 is 2.31 bits per heavy atom. The van der Waals surface area contributed by atoms with Gasteiger partial charge in [-0.3, -0.25) is 4.98 Å². The normalized spacial score (nSPS) is 12.5. The van der Waals surface area contributed by atoms with Crippen molar-refractivity contribution in [2.75, 3.05) is 0 Å². The Kier molecular flexibility index (Phi) is 3.08. The molecule has 0 spiro atoms. The largest absolute Gasteiger partial charge is 0.322 e. The van der Waals surface area contributed by atoms with Gasteiger partial charge in [-0.2, -0.15) is 0 Å². The van der Waals surface area contributed by atoms with Gasteiger partial charge < -0.3 is 5.73 Å². The molecule has 0 radical (unpaired) electrons. The average molecular weight is 184 g/mol. The smallest absolute Gasteiger partial charge is 0.149 e. The number of halogens is 2. The second-order valence-corrected chi connectivity index (χ2v) is 2.65. The summed E-state index contributed by atoms with van der Waals surface area (Å²) >= 11 is 0. The zero-order valence-electron chi connectivity index (χ0n) is 7.00. The lowest BCUT2D eigenvalue weighted by Crippen LogP contribution is -2.13. The third-order valence-corrected chi connectivity index (χ3v) is 1.61. The van der Waals surface area contributed by atoms with Gasteiger partial charge in [0.25, 0.3) is 0 Å². The minimum atomic E-state index is -0.714. The molecule has 0 aliphatic carbocycles. The SMILES string of the molecule is C=CC[C@H](N)c1ncc(F)cc1F. The van der Waals surface area contributed by atoms with Gasteiger partial charge in [0, 0.05) is 6.07 Å². The van der Waals surface area contributed by atoms with Crippen molar-refractivity contribution in [2.45, 2.75) is 12.5 Å². The maximum atomic E-state index is 13.0. The number of hydrogen-bond acceptors (Lipinski definition) is 2. The number of rotatable bonds is 3. The van der Waals surface area contributed by atoms with E-state index >= 15 is 0 Å². The highest BCUT2D eigenvalue weighted by Crippen LogP contribution is 2.15. The van der Waals surface area contributed by atoms with Crippen molar-refractivity contribution < 1.29 is 8.78 Å². The van der Waals surface area contributed by atoms with Gasteiger partial charge >= 0.3 is 0 Å². The number of pyridine rings is 1. The molecule has 4 heteroatoms. The van der Waals surface area contributed by atoms with Crippen LogP contribution in [-0.2, 0) is 0 Å². The van der Waals surface area contributed by atoms with Gasteiger partial charge in [0.05, 0.1) is 17.9 Å². The van der Waals surface area contributed by atoms with Crippen LogP contribution in [0.4, 0.5) is 8.78 Å². The van der Waals surface area contributed by atoms with Crippen LogP contribution in [0.25, 0.3) is 0 Å². The van der Waals surface area contributed by atoms with Gasteiger partial charge in [-0.25, -0.2) is 8.78 Å². The molecule has 0 aromatic carbocycles. The van der Waals surface area contributed by atoms with Crippen LogP contribution in [0.3, 0.4) is 0 Å². The van der Waals surface area contributed by atoms with Crippen LogP contribution in [0.5, 0.6) is 0 Å². The Balaban J connectivity index is 2.94. The van der Waals surface area contributed by atoms with E-state index in [4.69, 9.17) is 5.73 Å². The molecule has 13 heavy (non-hydrogen) atoms. The number of nitrogens with zero attached hydrogens (tertiary/aromatic N) is 1. The van der Waals surface area contributed by atoms with E-state index in [0.717, 1.165) is 12.3 Å². The fourth-order valence-corrected chi connectivity index (χ4v) is 0.989. The lowest BCUT2D eigenvalue weighted by atomic mass is 10.1. The zero-order chi connectivity index (χ0) is 9.84. The Bertz CT molecular complexity index is 312. The van der Waals surface area contributed by atoms with Gasteiger partial charge in [-0.05, 0) is 6.42 Å². The maximum absolute atomic E-state index is 13.0. The maximum Gasteiger partial charge on any atom is 0.149 e. The van der Waals surface area contributed by atoms with Crippen LogP contribution in [0.15, 0.2) is 24.9 Å². The molecular formula is C9H10F2N2. The van der Waals surface area contributed by atoms with E-state index in [-0.39, 0.29) is 5.69 Å². The van der Waals surface area contributed by atoms with Crippen molar-refractivity contribution in [3.05, 3.63) is 42.2 Å². The molecule has 1 aromatic rings. The summed E-state index contributed by atoms with van der Waals surface area (Å²) in [7, 11) is 0. The van der Waals surface area contributed by atoms with E-state index in [9.17, 15) is 8.78 Å². The van der Waals surface area contributed by atoms with E-state index in [2.05, 4.69) is 11.6 Å². The molecule has 2 N–H and O–H groups in total. The highest BCUT2D eigenvalue weighted by Gasteiger charge is 2.11. The van der Waals surface area contributed by atoms with Crippen molar-refractivity contribution >= 4 is 0 Å². The number of nitrogens with two attached hydrogens (primary N) is 1. The van der Waals surface area contributed by atoms with Crippen LogP contribution in [0, 0.1) is 11.6 Å². The fourth-order valence-electron chi connectivity index (χ4n) is 0.989. The van der Waals surface area contributed by atoms with Gasteiger partial charge in [-0.15, -0.1) is 6.58 Å². The summed E-state index contributed by atoms with van der Waals surface area (Å²) in [6, 6.07) is 0.212. The molecule has 1 aromatic heterocycles. The summed E-state index contributed by atoms with van der Waals surface area (Å²) in [6.45, 7) is 3.47. The van der Waals surface area contributed by atoms with E-state index in [1.807, 2.05) is 0 Å². The van der Waals surface area contributed by atoms with E-state index in [1.54, 1.807) is 6.08 Å². The minimum Gasteiger partial charge on any atom is -0.322 e. The van der Waals surface area contributed by atoms with Crippen LogP contribution in [0.2, 0.25) is 0 Å². The van der Waals surface area contributed by atoms with Crippen molar-refractivity contribution in [1.82, 2.24) is 4.98 Å². The molecule has 1 rings (SSSR count). The Morgan fingerprint density at radius 3 is 2.85 bits per heavy atom. The quantitative estimate of drug-likeness (QED) is 0.729. The van der Waals surface area contributed by atoms with Gasteiger partial charge in [0.2, 0.25) is 0 Å². The molecule has 0 saturated heterocycles. The Hall–Kier alpha value is -1.29. The molecule has 0 aliphatic heterocycles. The third-order valence-electron chi connectivity index (χ3n) is 1.61. The predicted molar refractivity (Wildman–Crippen MR) is 45.9 cm³/mol. The molecule has 70 valence electrons. The first-order chi connectivity index (χ1) is 6.15. The number of aromatic nitrogens is 1. The van der Waals surface area contributed by atoms with Crippen molar-refractivity contribution in [3.63, 3.8) is 0 Å². The summed E-state index contributed by atoms with van der Waals surface area (Å²) in [5.74, 6) is -1.42. The fraction of sp³-hybridized carbons (Fsp3) is 0.222. The molecule has 0 bridgehead atoms. The first-order valence-corrected chi connectivity index (χ1v) is 3.82. The molecule has 0 unspecified atom stereocenters. The van der Waals surface area contributed by atoms with Gasteiger partial charge in [0.15, 0.2) is 0 Å². The summed E-state index contributed by atoms with van der Waals surface area (Å²) in [5.41, 5.74) is 5.63. The summed E-state index contributed by atoms with van der Waals surface area (Å²) in [4.78, 5) is 3.57. The topological polar surface area (TPSA) is 38.9 Å². The first-order valence-electron chi connectivity index (χ1n) is 3.82. The van der Waals surface area contributed by atoms with Crippen LogP contribution in [-0.4, -0.2) is 4.98 Å². The first kappa shape index (κ1) is 9.80. The minimum absolute atomic E-state index is 0.0706. The molecular weight excluding hydrogens is 174 g/mol. The molecule has 0 aliphatic rings. The zero-order valence-corrected chi connectivity index (χ0v) is 7.00.